The van der Waals surface area contributed by atoms with E-state index in [2.05, 4.69) is 29.7 Å². The number of fused-ring (bicyclic) bond motifs is 1. The first-order chi connectivity index (χ1) is 15.7. The highest BCUT2D eigenvalue weighted by Crippen LogP contribution is 2.32. The maximum absolute atomic E-state index is 12.7. The van der Waals surface area contributed by atoms with Gasteiger partial charge in [-0.25, -0.2) is 0 Å². The maximum Gasteiger partial charge on any atom is 0.287 e. The quantitative estimate of drug-likeness (QED) is 0.381. The minimum atomic E-state index is -0.226. The second-order valence-corrected chi connectivity index (χ2v) is 7.79. The molecule has 0 saturated carbocycles. The Balaban J connectivity index is 1.48. The van der Waals surface area contributed by atoms with Crippen LogP contribution in [0.15, 0.2) is 83.3 Å². The molecule has 0 aliphatic heterocycles. The molecule has 0 bridgehead atoms. The monoisotopic (exact) mass is 428 g/mol. The molecule has 0 aliphatic carbocycles. The largest absolute Gasteiger partial charge is 0.493 e. The van der Waals surface area contributed by atoms with Crippen molar-refractivity contribution in [2.24, 2.45) is 0 Å². The lowest BCUT2D eigenvalue weighted by atomic mass is 10.1. The molecule has 2 N–H and O–H groups in total. The summed E-state index contributed by atoms with van der Waals surface area (Å²) >= 11 is 0. The van der Waals surface area contributed by atoms with Crippen molar-refractivity contribution in [3.63, 3.8) is 0 Å². The molecule has 4 aromatic rings. The van der Waals surface area contributed by atoms with Crippen LogP contribution in [-0.2, 0) is 13.0 Å². The predicted molar refractivity (Wildman–Crippen MR) is 127 cm³/mol. The van der Waals surface area contributed by atoms with Gasteiger partial charge in [-0.3, -0.25) is 4.79 Å². The Morgan fingerprint density at radius 2 is 1.72 bits per heavy atom. The number of hydrogen-bond acceptors (Lipinski definition) is 4. The summed E-state index contributed by atoms with van der Waals surface area (Å²) in [4.78, 5) is 12.7. The van der Waals surface area contributed by atoms with Crippen molar-refractivity contribution >= 4 is 16.9 Å². The number of carbonyl (C=O) groups excluding carboxylic acids is 1. The van der Waals surface area contributed by atoms with E-state index >= 15 is 0 Å². The van der Waals surface area contributed by atoms with Gasteiger partial charge >= 0.3 is 0 Å². The standard InChI is InChI=1S/C27H28N2O3/c1-19(21-11-7-4-8-12-21)29-18-22-13-14-24(31-2)26-23(22)17-25(32-26)27(30)28-16-15-20-9-5-3-6-10-20/h3-14,17,19,29H,15-16,18H2,1-2H3,(H,28,30). The molecule has 0 saturated heterocycles. The van der Waals surface area contributed by atoms with E-state index < -0.39 is 0 Å². The van der Waals surface area contributed by atoms with Crippen molar-refractivity contribution in [3.05, 3.63) is 101 Å². The van der Waals surface area contributed by atoms with Gasteiger partial charge in [-0.15, -0.1) is 0 Å². The van der Waals surface area contributed by atoms with Gasteiger partial charge in [-0.05, 0) is 42.2 Å². The zero-order valence-electron chi connectivity index (χ0n) is 18.4. The minimum Gasteiger partial charge on any atom is -0.493 e. The molecule has 1 amide bonds. The highest BCUT2D eigenvalue weighted by Gasteiger charge is 2.18. The van der Waals surface area contributed by atoms with Crippen molar-refractivity contribution in [3.8, 4) is 5.75 Å². The molecular formula is C27H28N2O3. The Kier molecular flexibility index (Phi) is 6.87. The molecule has 0 fully saturated rings. The van der Waals surface area contributed by atoms with Gasteiger partial charge < -0.3 is 19.8 Å². The SMILES string of the molecule is COc1ccc(CNC(C)c2ccccc2)c2cc(C(=O)NCCc3ccccc3)oc12. The van der Waals surface area contributed by atoms with Crippen LogP contribution in [0, 0.1) is 0 Å². The van der Waals surface area contributed by atoms with Gasteiger partial charge in [0.05, 0.1) is 7.11 Å². The fraction of sp³-hybridized carbons (Fsp3) is 0.222. The van der Waals surface area contributed by atoms with Crippen molar-refractivity contribution in [1.82, 2.24) is 10.6 Å². The minimum absolute atomic E-state index is 0.195. The maximum atomic E-state index is 12.7. The van der Waals surface area contributed by atoms with E-state index in [1.807, 2.05) is 60.7 Å². The second kappa shape index (κ2) is 10.2. The molecule has 1 aromatic heterocycles. The average molecular weight is 429 g/mol. The summed E-state index contributed by atoms with van der Waals surface area (Å²) < 4.78 is 11.4. The van der Waals surface area contributed by atoms with E-state index in [0.29, 0.717) is 24.4 Å². The van der Waals surface area contributed by atoms with Gasteiger partial charge in [-0.2, -0.15) is 0 Å². The lowest BCUT2D eigenvalue weighted by molar-refractivity contribution is 0.0928. The van der Waals surface area contributed by atoms with Gasteiger partial charge in [0.25, 0.3) is 5.91 Å². The molecule has 4 rings (SSSR count). The van der Waals surface area contributed by atoms with Crippen molar-refractivity contribution in [1.29, 1.82) is 0 Å². The molecule has 5 heteroatoms. The molecule has 1 unspecified atom stereocenters. The van der Waals surface area contributed by atoms with Crippen LogP contribution in [-0.4, -0.2) is 19.6 Å². The number of rotatable bonds is 9. The lowest BCUT2D eigenvalue weighted by Crippen LogP contribution is -2.25. The van der Waals surface area contributed by atoms with Crippen LogP contribution >= 0.6 is 0 Å². The molecular weight excluding hydrogens is 400 g/mol. The first-order valence-electron chi connectivity index (χ1n) is 10.9. The van der Waals surface area contributed by atoms with Gasteiger partial charge in [-0.1, -0.05) is 66.7 Å². The van der Waals surface area contributed by atoms with Crippen LogP contribution in [0.25, 0.3) is 11.0 Å². The summed E-state index contributed by atoms with van der Waals surface area (Å²) in [6.45, 7) is 3.32. The Hall–Kier alpha value is -3.57. The fourth-order valence-corrected chi connectivity index (χ4v) is 3.76. The summed E-state index contributed by atoms with van der Waals surface area (Å²) in [5, 5.41) is 7.38. The third-order valence-corrected chi connectivity index (χ3v) is 5.62. The third kappa shape index (κ3) is 5.01. The Labute approximate surface area is 188 Å². The number of furan rings is 1. The third-order valence-electron chi connectivity index (χ3n) is 5.62. The van der Waals surface area contributed by atoms with Crippen LogP contribution in [0.2, 0.25) is 0 Å². The summed E-state index contributed by atoms with van der Waals surface area (Å²) in [6, 6.07) is 26.3. The molecule has 164 valence electrons. The van der Waals surface area contributed by atoms with E-state index in [1.54, 1.807) is 13.2 Å². The van der Waals surface area contributed by atoms with Gasteiger partial charge in [0.15, 0.2) is 17.1 Å². The van der Waals surface area contributed by atoms with Crippen LogP contribution in [0.5, 0.6) is 5.75 Å². The zero-order chi connectivity index (χ0) is 22.3. The van der Waals surface area contributed by atoms with Crippen molar-refractivity contribution in [2.45, 2.75) is 25.9 Å². The Bertz CT molecular complexity index is 1170. The van der Waals surface area contributed by atoms with Crippen LogP contribution < -0.4 is 15.4 Å². The number of ether oxygens (including phenoxy) is 1. The van der Waals surface area contributed by atoms with E-state index in [9.17, 15) is 4.79 Å². The van der Waals surface area contributed by atoms with Crippen LogP contribution in [0.3, 0.4) is 0 Å². The highest BCUT2D eigenvalue weighted by atomic mass is 16.5. The molecule has 3 aromatic carbocycles. The van der Waals surface area contributed by atoms with Gasteiger partial charge in [0.1, 0.15) is 0 Å². The summed E-state index contributed by atoms with van der Waals surface area (Å²) in [7, 11) is 1.60. The van der Waals surface area contributed by atoms with E-state index in [-0.39, 0.29) is 17.7 Å². The van der Waals surface area contributed by atoms with Crippen molar-refractivity contribution in [2.75, 3.05) is 13.7 Å². The molecule has 0 radical (unpaired) electrons. The lowest BCUT2D eigenvalue weighted by Gasteiger charge is -2.15. The number of hydrogen-bond donors (Lipinski definition) is 2. The number of methoxy groups -OCH3 is 1. The van der Waals surface area contributed by atoms with E-state index in [0.717, 1.165) is 17.4 Å². The number of benzene rings is 3. The van der Waals surface area contributed by atoms with Crippen LogP contribution in [0.4, 0.5) is 0 Å². The predicted octanol–water partition coefficient (Wildman–Crippen LogP) is 5.26. The first-order valence-corrected chi connectivity index (χ1v) is 10.9. The molecule has 1 heterocycles. The van der Waals surface area contributed by atoms with Crippen LogP contribution in [0.1, 0.15) is 40.2 Å². The normalized spacial score (nSPS) is 11.9. The molecule has 5 nitrogen and oxygen atoms in total. The first kappa shape index (κ1) is 21.7. The van der Waals surface area contributed by atoms with E-state index in [1.165, 1.54) is 11.1 Å². The highest BCUT2D eigenvalue weighted by molar-refractivity contribution is 5.98. The number of carbonyl (C=O) groups is 1. The zero-order valence-corrected chi connectivity index (χ0v) is 18.4. The smallest absolute Gasteiger partial charge is 0.287 e. The average Bonchev–Trinajstić information content (AvgIpc) is 3.29. The van der Waals surface area contributed by atoms with E-state index in [4.69, 9.17) is 9.15 Å². The number of amides is 1. The van der Waals surface area contributed by atoms with Gasteiger partial charge in [0, 0.05) is 24.5 Å². The summed E-state index contributed by atoms with van der Waals surface area (Å²) in [5.41, 5.74) is 4.05. The summed E-state index contributed by atoms with van der Waals surface area (Å²) in [6.07, 6.45) is 0.767. The molecule has 32 heavy (non-hydrogen) atoms. The van der Waals surface area contributed by atoms with Gasteiger partial charge in [0.2, 0.25) is 0 Å². The second-order valence-electron chi connectivity index (χ2n) is 7.79. The summed E-state index contributed by atoms with van der Waals surface area (Å²) in [5.74, 6) is 0.675. The topological polar surface area (TPSA) is 63.5 Å². The van der Waals surface area contributed by atoms with Crippen molar-refractivity contribution < 1.29 is 13.9 Å². The Morgan fingerprint density at radius 1 is 1.00 bits per heavy atom. The fourth-order valence-electron chi connectivity index (χ4n) is 3.76. The molecule has 0 spiro atoms. The molecule has 1 atom stereocenters. The Morgan fingerprint density at radius 3 is 2.44 bits per heavy atom. The molecule has 0 aliphatic rings. The number of nitrogens with one attached hydrogen (secondary N) is 2.